The summed E-state index contributed by atoms with van der Waals surface area (Å²) in [7, 11) is -2.95. The first-order valence-corrected chi connectivity index (χ1v) is 8.07. The molecule has 0 aromatic rings. The molecule has 1 rings (SSSR count). The van der Waals surface area contributed by atoms with E-state index in [-0.39, 0.29) is 6.61 Å². The van der Waals surface area contributed by atoms with E-state index in [1.54, 1.807) is 0 Å². The maximum absolute atomic E-state index is 12.3. The minimum atomic E-state index is -2.95. The Labute approximate surface area is 104 Å². The summed E-state index contributed by atoms with van der Waals surface area (Å²) in [6.07, 6.45) is 2.27. The van der Waals surface area contributed by atoms with Crippen LogP contribution in [0.15, 0.2) is 0 Å². The van der Waals surface area contributed by atoms with Crippen molar-refractivity contribution in [2.45, 2.75) is 26.7 Å². The van der Waals surface area contributed by atoms with E-state index in [0.29, 0.717) is 25.4 Å². The van der Waals surface area contributed by atoms with Gasteiger partial charge in [-0.05, 0) is 45.7 Å². The van der Waals surface area contributed by atoms with Crippen molar-refractivity contribution >= 4 is 7.60 Å². The van der Waals surface area contributed by atoms with Crippen LogP contribution in [0.5, 0.6) is 0 Å². The minimum Gasteiger partial charge on any atom is -0.396 e. The van der Waals surface area contributed by atoms with Gasteiger partial charge in [0.25, 0.3) is 0 Å². The Balaban J connectivity index is 2.43. The quantitative estimate of drug-likeness (QED) is 0.713. The SMILES string of the molecule is CCOP(=O)(CN1CCC(CO)CC1)OCC. The van der Waals surface area contributed by atoms with Crippen molar-refractivity contribution in [1.29, 1.82) is 0 Å². The molecule has 1 fully saturated rings. The first-order chi connectivity index (χ1) is 8.13. The molecule has 17 heavy (non-hydrogen) atoms. The second-order valence-electron chi connectivity index (χ2n) is 4.33. The molecule has 0 spiro atoms. The largest absolute Gasteiger partial charge is 0.396 e. The normalized spacial score (nSPS) is 19.7. The van der Waals surface area contributed by atoms with Crippen LogP contribution in [0.25, 0.3) is 0 Å². The summed E-state index contributed by atoms with van der Waals surface area (Å²) in [5, 5.41) is 9.06. The number of aliphatic hydroxyl groups excluding tert-OH is 1. The number of aliphatic hydroxyl groups is 1. The first kappa shape index (κ1) is 15.1. The number of nitrogens with zero attached hydrogens (tertiary/aromatic N) is 1. The van der Waals surface area contributed by atoms with E-state index < -0.39 is 7.60 Å². The van der Waals surface area contributed by atoms with Gasteiger partial charge >= 0.3 is 7.60 Å². The minimum absolute atomic E-state index is 0.252. The number of likely N-dealkylation sites (tertiary alicyclic amines) is 1. The zero-order valence-electron chi connectivity index (χ0n) is 10.8. The molecular formula is C11H24NO4P. The van der Waals surface area contributed by atoms with Gasteiger partial charge in [-0.15, -0.1) is 0 Å². The maximum atomic E-state index is 12.3. The van der Waals surface area contributed by atoms with E-state index in [4.69, 9.17) is 14.2 Å². The van der Waals surface area contributed by atoms with Crippen LogP contribution in [0.2, 0.25) is 0 Å². The fraction of sp³-hybridized carbons (Fsp3) is 1.00. The molecule has 1 heterocycles. The summed E-state index contributed by atoms with van der Waals surface area (Å²) < 4.78 is 22.8. The fourth-order valence-corrected chi connectivity index (χ4v) is 3.87. The van der Waals surface area contributed by atoms with E-state index in [1.165, 1.54) is 0 Å². The molecule has 5 nitrogen and oxygen atoms in total. The highest BCUT2D eigenvalue weighted by Gasteiger charge is 2.29. The summed E-state index contributed by atoms with van der Waals surface area (Å²) in [5.74, 6) is 0.393. The molecule has 1 aliphatic heterocycles. The molecule has 0 atom stereocenters. The van der Waals surface area contributed by atoms with Crippen LogP contribution >= 0.6 is 7.60 Å². The van der Waals surface area contributed by atoms with Crippen molar-refractivity contribution < 1.29 is 18.7 Å². The van der Waals surface area contributed by atoms with Gasteiger partial charge in [-0.2, -0.15) is 0 Å². The standard InChI is InChI=1S/C11H24NO4P/c1-3-15-17(14,16-4-2)10-12-7-5-11(9-13)6-8-12/h11,13H,3-10H2,1-2H3. The van der Waals surface area contributed by atoms with Crippen LogP contribution in [0, 0.1) is 5.92 Å². The van der Waals surface area contributed by atoms with Crippen molar-refractivity contribution in [2.24, 2.45) is 5.92 Å². The Morgan fingerprint density at radius 2 is 1.76 bits per heavy atom. The molecule has 0 bridgehead atoms. The predicted molar refractivity (Wildman–Crippen MR) is 67.1 cm³/mol. The zero-order chi connectivity index (χ0) is 12.7. The molecule has 6 heteroatoms. The van der Waals surface area contributed by atoms with Crippen molar-refractivity contribution in [3.05, 3.63) is 0 Å². The number of hydrogen-bond donors (Lipinski definition) is 1. The lowest BCUT2D eigenvalue weighted by atomic mass is 9.98. The Kier molecular flexibility index (Phi) is 6.67. The highest BCUT2D eigenvalue weighted by atomic mass is 31.2. The Bertz CT molecular complexity index is 244. The van der Waals surface area contributed by atoms with Gasteiger partial charge in [0, 0.05) is 6.61 Å². The Hall–Kier alpha value is 0.0700. The smallest absolute Gasteiger partial charge is 0.344 e. The summed E-state index contributed by atoms with van der Waals surface area (Å²) in [6.45, 7) is 6.43. The second kappa shape index (κ2) is 7.49. The van der Waals surface area contributed by atoms with Gasteiger partial charge in [0.2, 0.25) is 0 Å². The monoisotopic (exact) mass is 265 g/mol. The lowest BCUT2D eigenvalue weighted by Crippen LogP contribution is -2.35. The molecule has 0 radical (unpaired) electrons. The van der Waals surface area contributed by atoms with Crippen molar-refractivity contribution in [1.82, 2.24) is 4.90 Å². The van der Waals surface area contributed by atoms with Gasteiger partial charge in [0.1, 0.15) is 6.29 Å². The van der Waals surface area contributed by atoms with E-state index in [0.717, 1.165) is 25.9 Å². The van der Waals surface area contributed by atoms with Crippen LogP contribution in [0.3, 0.4) is 0 Å². The van der Waals surface area contributed by atoms with Crippen LogP contribution in [-0.2, 0) is 13.6 Å². The summed E-state index contributed by atoms with van der Waals surface area (Å²) in [4.78, 5) is 2.11. The van der Waals surface area contributed by atoms with Gasteiger partial charge < -0.3 is 14.2 Å². The summed E-state index contributed by atoms with van der Waals surface area (Å²) in [5.41, 5.74) is 0. The maximum Gasteiger partial charge on any atom is 0.344 e. The predicted octanol–water partition coefficient (Wildman–Crippen LogP) is 1.91. The molecule has 0 amide bonds. The molecule has 0 saturated carbocycles. The summed E-state index contributed by atoms with van der Waals surface area (Å²) >= 11 is 0. The average Bonchev–Trinajstić information content (AvgIpc) is 2.30. The van der Waals surface area contributed by atoms with Crippen molar-refractivity contribution in [3.8, 4) is 0 Å². The van der Waals surface area contributed by atoms with Gasteiger partial charge in [0.05, 0.1) is 13.2 Å². The van der Waals surface area contributed by atoms with Gasteiger partial charge in [0.15, 0.2) is 0 Å². The van der Waals surface area contributed by atoms with Crippen molar-refractivity contribution in [2.75, 3.05) is 39.2 Å². The highest BCUT2D eigenvalue weighted by molar-refractivity contribution is 7.53. The molecule has 0 aliphatic carbocycles. The number of hydrogen-bond acceptors (Lipinski definition) is 5. The second-order valence-corrected chi connectivity index (χ2v) is 6.35. The topological polar surface area (TPSA) is 59.0 Å². The fourth-order valence-electron chi connectivity index (χ4n) is 2.07. The van der Waals surface area contributed by atoms with E-state index in [1.807, 2.05) is 13.8 Å². The van der Waals surface area contributed by atoms with Gasteiger partial charge in [-0.25, -0.2) is 0 Å². The van der Waals surface area contributed by atoms with Crippen LogP contribution in [0.1, 0.15) is 26.7 Å². The molecule has 102 valence electrons. The molecule has 0 unspecified atom stereocenters. The van der Waals surface area contributed by atoms with E-state index in [9.17, 15) is 4.57 Å². The third-order valence-electron chi connectivity index (χ3n) is 2.99. The van der Waals surface area contributed by atoms with Gasteiger partial charge in [-0.3, -0.25) is 9.46 Å². The average molecular weight is 265 g/mol. The molecule has 0 aromatic carbocycles. The lowest BCUT2D eigenvalue weighted by Gasteiger charge is -2.32. The van der Waals surface area contributed by atoms with E-state index in [2.05, 4.69) is 4.90 Å². The third-order valence-corrected chi connectivity index (χ3v) is 5.04. The molecule has 1 aliphatic rings. The molecule has 1 N–H and O–H groups in total. The molecular weight excluding hydrogens is 241 g/mol. The zero-order valence-corrected chi connectivity index (χ0v) is 11.7. The molecule has 1 saturated heterocycles. The Morgan fingerprint density at radius 3 is 2.18 bits per heavy atom. The summed E-state index contributed by atoms with van der Waals surface area (Å²) in [6, 6.07) is 0. The van der Waals surface area contributed by atoms with Crippen LogP contribution in [-0.4, -0.2) is 49.2 Å². The molecule has 0 aromatic heterocycles. The lowest BCUT2D eigenvalue weighted by molar-refractivity contribution is 0.131. The highest BCUT2D eigenvalue weighted by Crippen LogP contribution is 2.48. The number of rotatable bonds is 7. The third kappa shape index (κ3) is 5.06. The van der Waals surface area contributed by atoms with E-state index >= 15 is 0 Å². The first-order valence-electron chi connectivity index (χ1n) is 6.35. The van der Waals surface area contributed by atoms with Gasteiger partial charge in [-0.1, -0.05) is 0 Å². The number of piperidine rings is 1. The van der Waals surface area contributed by atoms with Crippen LogP contribution in [0.4, 0.5) is 0 Å². The van der Waals surface area contributed by atoms with Crippen molar-refractivity contribution in [3.63, 3.8) is 0 Å². The van der Waals surface area contributed by atoms with Crippen LogP contribution < -0.4 is 0 Å². The Morgan fingerprint density at radius 1 is 1.24 bits per heavy atom.